The Kier molecular flexibility index (Phi) is 4.00. The number of imidazole rings is 1. The van der Waals surface area contributed by atoms with Crippen LogP contribution in [0, 0.1) is 0 Å². The second kappa shape index (κ2) is 5.99. The highest BCUT2D eigenvalue weighted by atomic mass is 19.4. The molecule has 0 aliphatic rings. The van der Waals surface area contributed by atoms with Crippen molar-refractivity contribution in [2.24, 2.45) is 0 Å². The summed E-state index contributed by atoms with van der Waals surface area (Å²) in [5.74, 6) is -0.478. The summed E-state index contributed by atoms with van der Waals surface area (Å²) >= 11 is 0. The Morgan fingerprint density at radius 1 is 1.25 bits per heavy atom. The van der Waals surface area contributed by atoms with Gasteiger partial charge in [-0.15, -0.1) is 0 Å². The van der Waals surface area contributed by atoms with E-state index < -0.39 is 17.7 Å². The molecule has 6 nitrogen and oxygen atoms in total. The van der Waals surface area contributed by atoms with Crippen molar-refractivity contribution < 1.29 is 22.7 Å². The number of carbonyl (C=O) groups excluding carboxylic acids is 1. The highest BCUT2D eigenvalue weighted by molar-refractivity contribution is 5.88. The predicted molar refractivity (Wildman–Crippen MR) is 77.5 cm³/mol. The maximum Gasteiger partial charge on any atom is 0.417 e. The van der Waals surface area contributed by atoms with E-state index in [0.717, 1.165) is 12.3 Å². The Labute approximate surface area is 134 Å². The summed E-state index contributed by atoms with van der Waals surface area (Å²) in [5.41, 5.74) is 0.478. The number of rotatable bonds is 4. The summed E-state index contributed by atoms with van der Waals surface area (Å²) < 4.78 is 45.8. The Morgan fingerprint density at radius 3 is 2.75 bits per heavy atom. The third kappa shape index (κ3) is 3.24. The van der Waals surface area contributed by atoms with E-state index in [0.29, 0.717) is 16.9 Å². The molecule has 0 atom stereocenters. The Bertz CT molecular complexity index is 882. The number of fused-ring (bicyclic) bond motifs is 1. The third-order valence-corrected chi connectivity index (χ3v) is 3.30. The topological polar surface area (TPSA) is 61.4 Å². The average Bonchev–Trinajstić information content (AvgIpc) is 3.12. The normalized spacial score (nSPS) is 11.8. The van der Waals surface area contributed by atoms with E-state index in [1.165, 1.54) is 33.7 Å². The minimum absolute atomic E-state index is 0.225. The fourth-order valence-corrected chi connectivity index (χ4v) is 2.22. The lowest BCUT2D eigenvalue weighted by molar-refractivity contribution is -0.137. The molecule has 0 fully saturated rings. The van der Waals surface area contributed by atoms with Crippen LogP contribution >= 0.6 is 0 Å². The molecule has 0 bridgehead atoms. The van der Waals surface area contributed by atoms with Gasteiger partial charge in [0.05, 0.1) is 36.2 Å². The summed E-state index contributed by atoms with van der Waals surface area (Å²) in [6.45, 7) is 2.19. The van der Waals surface area contributed by atoms with Gasteiger partial charge in [0.2, 0.25) is 0 Å². The first-order valence-corrected chi connectivity index (χ1v) is 7.11. The fraction of sp³-hybridized carbons (Fsp3) is 0.267. The molecule has 3 heterocycles. The highest BCUT2D eigenvalue weighted by Crippen LogP contribution is 2.29. The van der Waals surface area contributed by atoms with Crippen LogP contribution in [0.4, 0.5) is 13.2 Å². The lowest BCUT2D eigenvalue weighted by Gasteiger charge is -2.05. The zero-order valence-electron chi connectivity index (χ0n) is 12.6. The smallest absolute Gasteiger partial charge is 0.417 e. The lowest BCUT2D eigenvalue weighted by atomic mass is 10.3. The molecule has 0 unspecified atom stereocenters. The number of alkyl halides is 3. The van der Waals surface area contributed by atoms with Crippen molar-refractivity contribution in [3.05, 3.63) is 53.7 Å². The van der Waals surface area contributed by atoms with E-state index in [1.807, 2.05) is 0 Å². The van der Waals surface area contributed by atoms with Crippen molar-refractivity contribution in [3.8, 4) is 0 Å². The van der Waals surface area contributed by atoms with Gasteiger partial charge in [-0.3, -0.25) is 4.68 Å². The number of hydrogen-bond donors (Lipinski definition) is 0. The number of aromatic nitrogens is 4. The van der Waals surface area contributed by atoms with E-state index in [9.17, 15) is 18.0 Å². The van der Waals surface area contributed by atoms with E-state index in [2.05, 4.69) is 10.1 Å². The van der Waals surface area contributed by atoms with E-state index in [-0.39, 0.29) is 13.2 Å². The number of nitrogens with zero attached hydrogens (tertiary/aromatic N) is 4. The number of halogens is 3. The molecule has 0 aromatic carbocycles. The average molecular weight is 338 g/mol. The van der Waals surface area contributed by atoms with Gasteiger partial charge in [0.1, 0.15) is 5.65 Å². The first-order chi connectivity index (χ1) is 11.4. The van der Waals surface area contributed by atoms with Gasteiger partial charge < -0.3 is 9.14 Å². The Morgan fingerprint density at radius 2 is 2.04 bits per heavy atom. The van der Waals surface area contributed by atoms with Crippen LogP contribution in [0.15, 0.2) is 36.9 Å². The third-order valence-electron chi connectivity index (χ3n) is 3.30. The van der Waals surface area contributed by atoms with Crippen molar-refractivity contribution in [2.45, 2.75) is 19.6 Å². The van der Waals surface area contributed by atoms with Crippen molar-refractivity contribution in [1.29, 1.82) is 0 Å². The summed E-state index contributed by atoms with van der Waals surface area (Å²) in [5, 5.41) is 4.03. The van der Waals surface area contributed by atoms with Crippen LogP contribution in [0.3, 0.4) is 0 Å². The zero-order valence-corrected chi connectivity index (χ0v) is 12.6. The van der Waals surface area contributed by atoms with Crippen LogP contribution in [0.5, 0.6) is 0 Å². The molecule has 0 N–H and O–H groups in total. The molecule has 126 valence electrons. The number of carbonyl (C=O) groups is 1. The molecule has 0 saturated heterocycles. The first-order valence-electron chi connectivity index (χ1n) is 7.11. The van der Waals surface area contributed by atoms with E-state index in [1.54, 1.807) is 6.92 Å². The number of esters is 1. The second-order valence-corrected chi connectivity index (χ2v) is 5.06. The van der Waals surface area contributed by atoms with E-state index >= 15 is 0 Å². The second-order valence-electron chi connectivity index (χ2n) is 5.06. The Hall–Kier alpha value is -2.84. The quantitative estimate of drug-likeness (QED) is 0.686. The molecule has 0 aliphatic heterocycles. The highest BCUT2D eigenvalue weighted by Gasteiger charge is 2.30. The van der Waals surface area contributed by atoms with Gasteiger partial charge in [-0.1, -0.05) is 0 Å². The van der Waals surface area contributed by atoms with Crippen molar-refractivity contribution >= 4 is 11.6 Å². The first kappa shape index (κ1) is 16.0. The Balaban J connectivity index is 1.82. The molecule has 0 radical (unpaired) electrons. The maximum atomic E-state index is 12.7. The molecular weight excluding hydrogens is 325 g/mol. The molecule has 0 aliphatic carbocycles. The van der Waals surface area contributed by atoms with Gasteiger partial charge in [-0.25, -0.2) is 9.78 Å². The summed E-state index contributed by atoms with van der Waals surface area (Å²) in [7, 11) is 0. The summed E-state index contributed by atoms with van der Waals surface area (Å²) in [4.78, 5) is 15.8. The van der Waals surface area contributed by atoms with Gasteiger partial charge in [-0.2, -0.15) is 18.3 Å². The zero-order chi connectivity index (χ0) is 17.3. The molecule has 0 amide bonds. The van der Waals surface area contributed by atoms with Crippen LogP contribution in [-0.2, 0) is 17.5 Å². The predicted octanol–water partition coefficient (Wildman–Crippen LogP) is 2.77. The van der Waals surface area contributed by atoms with Crippen LogP contribution < -0.4 is 0 Å². The maximum absolute atomic E-state index is 12.7. The molecule has 24 heavy (non-hydrogen) atoms. The van der Waals surface area contributed by atoms with Crippen LogP contribution in [0.2, 0.25) is 0 Å². The summed E-state index contributed by atoms with van der Waals surface area (Å²) in [6, 6.07) is 2.29. The largest absolute Gasteiger partial charge is 0.462 e. The number of pyridine rings is 1. The van der Waals surface area contributed by atoms with Crippen LogP contribution in [0.25, 0.3) is 5.65 Å². The minimum atomic E-state index is -4.41. The lowest BCUT2D eigenvalue weighted by Crippen LogP contribution is -2.05. The molecule has 0 saturated carbocycles. The van der Waals surface area contributed by atoms with E-state index in [4.69, 9.17) is 4.74 Å². The van der Waals surface area contributed by atoms with Gasteiger partial charge in [-0.05, 0) is 19.1 Å². The van der Waals surface area contributed by atoms with Crippen LogP contribution in [-0.4, -0.2) is 31.7 Å². The molecular formula is C15H13F3N4O2. The van der Waals surface area contributed by atoms with Crippen molar-refractivity contribution in [1.82, 2.24) is 19.2 Å². The van der Waals surface area contributed by atoms with Crippen molar-refractivity contribution in [2.75, 3.05) is 6.61 Å². The van der Waals surface area contributed by atoms with Gasteiger partial charge >= 0.3 is 12.1 Å². The SMILES string of the molecule is CCOC(=O)c1cnn(Cc2cn3cc(C(F)(F)F)ccc3n2)c1. The van der Waals surface area contributed by atoms with Crippen molar-refractivity contribution in [3.63, 3.8) is 0 Å². The minimum Gasteiger partial charge on any atom is -0.462 e. The fourth-order valence-electron chi connectivity index (χ4n) is 2.22. The number of ether oxygens (including phenoxy) is 1. The monoisotopic (exact) mass is 338 g/mol. The standard InChI is InChI=1S/C15H13F3N4O2/c1-2-24-14(23)10-5-19-22(6-10)9-12-8-21-7-11(15(16,17)18)3-4-13(21)20-12/h3-8H,2,9H2,1H3. The number of hydrogen-bond acceptors (Lipinski definition) is 4. The van der Waals surface area contributed by atoms with Crippen LogP contribution in [0.1, 0.15) is 28.5 Å². The molecule has 0 spiro atoms. The molecule has 3 rings (SSSR count). The summed E-state index contributed by atoms with van der Waals surface area (Å²) in [6.07, 6.45) is 0.948. The molecule has 9 heteroatoms. The molecule has 3 aromatic heterocycles. The van der Waals surface area contributed by atoms with Gasteiger partial charge in [0.15, 0.2) is 0 Å². The van der Waals surface area contributed by atoms with Gasteiger partial charge in [0.25, 0.3) is 0 Å². The molecule has 3 aromatic rings. The van der Waals surface area contributed by atoms with Gasteiger partial charge in [0, 0.05) is 18.6 Å².